The van der Waals surface area contributed by atoms with Crippen molar-refractivity contribution in [3.05, 3.63) is 12.7 Å². The molecule has 0 saturated heterocycles. The first kappa shape index (κ1) is 12.0. The summed E-state index contributed by atoms with van der Waals surface area (Å²) in [7, 11) is 0. The highest BCUT2D eigenvalue weighted by atomic mass is 19.4. The highest BCUT2D eigenvalue weighted by Crippen LogP contribution is 2.13. The number of alkyl halides is 3. The van der Waals surface area contributed by atoms with Crippen LogP contribution in [-0.4, -0.2) is 31.7 Å². The third-order valence-electron chi connectivity index (χ3n) is 1.13. The average molecular weight is 196 g/mol. The second kappa shape index (κ2) is 5.58. The fourth-order valence-corrected chi connectivity index (χ4v) is 0.569. The number of hydrogen-bond acceptors (Lipinski definition) is 2. The fourth-order valence-electron chi connectivity index (χ4n) is 0.569. The van der Waals surface area contributed by atoms with Crippen LogP contribution in [0, 0.1) is 0 Å². The number of carbonyl (C=O) groups is 1. The van der Waals surface area contributed by atoms with Crippen molar-refractivity contribution in [2.45, 2.75) is 6.18 Å². The zero-order chi connectivity index (χ0) is 10.3. The van der Waals surface area contributed by atoms with Crippen molar-refractivity contribution < 1.29 is 18.0 Å². The zero-order valence-corrected chi connectivity index (χ0v) is 6.95. The number of carbonyl (C=O) groups excluding carboxylic acids is 1. The summed E-state index contributed by atoms with van der Waals surface area (Å²) in [6.07, 6.45) is -3.22. The van der Waals surface area contributed by atoms with Crippen LogP contribution < -0.4 is 10.6 Å². The molecule has 0 saturated carbocycles. The maximum Gasteiger partial charge on any atom is 0.471 e. The molecule has 76 valence electrons. The van der Waals surface area contributed by atoms with Gasteiger partial charge in [-0.3, -0.25) is 4.79 Å². The van der Waals surface area contributed by atoms with E-state index in [1.54, 1.807) is 11.4 Å². The first-order valence-corrected chi connectivity index (χ1v) is 3.65. The molecule has 6 heteroatoms. The van der Waals surface area contributed by atoms with Crippen molar-refractivity contribution in [3.8, 4) is 0 Å². The summed E-state index contributed by atoms with van der Waals surface area (Å²) >= 11 is 0. The standard InChI is InChI=1S/C7H11F3N2O/c1-2-3-11-4-5-12-6(13)7(8,9)10/h2,11H,1,3-5H2,(H,12,13). The Morgan fingerprint density at radius 2 is 2.00 bits per heavy atom. The average Bonchev–Trinajstić information content (AvgIpc) is 2.02. The highest BCUT2D eigenvalue weighted by molar-refractivity contribution is 5.81. The summed E-state index contributed by atoms with van der Waals surface area (Å²) in [6, 6.07) is 0. The van der Waals surface area contributed by atoms with Crippen LogP contribution >= 0.6 is 0 Å². The van der Waals surface area contributed by atoms with Gasteiger partial charge in [-0.2, -0.15) is 13.2 Å². The molecule has 2 N–H and O–H groups in total. The second-order valence-corrected chi connectivity index (χ2v) is 2.25. The Labute approximate surface area is 74.0 Å². The first-order chi connectivity index (χ1) is 5.98. The molecule has 3 nitrogen and oxygen atoms in total. The molecule has 0 radical (unpaired) electrons. The molecule has 0 fully saturated rings. The lowest BCUT2D eigenvalue weighted by Crippen LogP contribution is -2.40. The number of halogens is 3. The minimum Gasteiger partial charge on any atom is -0.347 e. The maximum absolute atomic E-state index is 11.6. The van der Waals surface area contributed by atoms with E-state index in [2.05, 4.69) is 11.9 Å². The molecule has 1 amide bonds. The van der Waals surface area contributed by atoms with E-state index in [4.69, 9.17) is 0 Å². The molecule has 0 unspecified atom stereocenters. The fraction of sp³-hybridized carbons (Fsp3) is 0.571. The molecule has 0 aromatic heterocycles. The van der Waals surface area contributed by atoms with Crippen LogP contribution in [0.5, 0.6) is 0 Å². The quantitative estimate of drug-likeness (QED) is 0.495. The van der Waals surface area contributed by atoms with E-state index in [-0.39, 0.29) is 13.1 Å². The Morgan fingerprint density at radius 1 is 1.38 bits per heavy atom. The molecular formula is C7H11F3N2O. The van der Waals surface area contributed by atoms with Crippen LogP contribution in [0.2, 0.25) is 0 Å². The molecule has 0 aromatic carbocycles. The van der Waals surface area contributed by atoms with Gasteiger partial charge in [-0.05, 0) is 0 Å². The van der Waals surface area contributed by atoms with Crippen molar-refractivity contribution in [1.29, 1.82) is 0 Å². The topological polar surface area (TPSA) is 41.1 Å². The van der Waals surface area contributed by atoms with Crippen molar-refractivity contribution in [2.24, 2.45) is 0 Å². The minimum absolute atomic E-state index is 0.0494. The minimum atomic E-state index is -4.79. The zero-order valence-electron chi connectivity index (χ0n) is 6.95. The van der Waals surface area contributed by atoms with Gasteiger partial charge in [0.25, 0.3) is 0 Å². The van der Waals surface area contributed by atoms with Crippen LogP contribution in [0.15, 0.2) is 12.7 Å². The van der Waals surface area contributed by atoms with Crippen molar-refractivity contribution in [2.75, 3.05) is 19.6 Å². The summed E-state index contributed by atoms with van der Waals surface area (Å²) < 4.78 is 34.7. The molecule has 0 atom stereocenters. The lowest BCUT2D eigenvalue weighted by molar-refractivity contribution is -0.173. The molecule has 0 aliphatic carbocycles. The summed E-state index contributed by atoms with van der Waals surface area (Å²) in [4.78, 5) is 10.2. The molecule has 0 rings (SSSR count). The molecule has 0 aliphatic heterocycles. The van der Waals surface area contributed by atoms with Gasteiger partial charge in [0.05, 0.1) is 0 Å². The van der Waals surface area contributed by atoms with Gasteiger partial charge in [-0.25, -0.2) is 0 Å². The van der Waals surface area contributed by atoms with E-state index in [0.717, 1.165) is 0 Å². The number of amides is 1. The Morgan fingerprint density at radius 3 is 2.46 bits per heavy atom. The highest BCUT2D eigenvalue weighted by Gasteiger charge is 2.38. The smallest absolute Gasteiger partial charge is 0.347 e. The Kier molecular flexibility index (Phi) is 5.13. The second-order valence-electron chi connectivity index (χ2n) is 2.25. The van der Waals surface area contributed by atoms with Gasteiger partial charge < -0.3 is 10.6 Å². The molecule has 0 heterocycles. The molecule has 0 aliphatic rings. The monoisotopic (exact) mass is 196 g/mol. The predicted molar refractivity (Wildman–Crippen MR) is 42.1 cm³/mol. The Bertz CT molecular complexity index is 179. The van der Waals surface area contributed by atoms with Gasteiger partial charge in [-0.15, -0.1) is 6.58 Å². The van der Waals surface area contributed by atoms with E-state index in [9.17, 15) is 18.0 Å². The van der Waals surface area contributed by atoms with Crippen molar-refractivity contribution in [1.82, 2.24) is 10.6 Å². The van der Waals surface area contributed by atoms with Crippen LogP contribution in [0.1, 0.15) is 0 Å². The van der Waals surface area contributed by atoms with E-state index in [1.807, 2.05) is 0 Å². The van der Waals surface area contributed by atoms with E-state index < -0.39 is 12.1 Å². The van der Waals surface area contributed by atoms with Crippen LogP contribution in [0.3, 0.4) is 0 Å². The van der Waals surface area contributed by atoms with Gasteiger partial charge in [0.15, 0.2) is 0 Å². The molecule has 0 aromatic rings. The maximum atomic E-state index is 11.6. The molecular weight excluding hydrogens is 185 g/mol. The van der Waals surface area contributed by atoms with Gasteiger partial charge in [-0.1, -0.05) is 6.08 Å². The normalized spacial score (nSPS) is 11.0. The molecule has 0 spiro atoms. The van der Waals surface area contributed by atoms with Gasteiger partial charge in [0.2, 0.25) is 0 Å². The van der Waals surface area contributed by atoms with Crippen molar-refractivity contribution in [3.63, 3.8) is 0 Å². The number of nitrogens with one attached hydrogen (secondary N) is 2. The third-order valence-corrected chi connectivity index (χ3v) is 1.13. The Hall–Kier alpha value is -1.04. The lowest BCUT2D eigenvalue weighted by Gasteiger charge is -2.07. The number of hydrogen-bond donors (Lipinski definition) is 2. The summed E-state index contributed by atoms with van der Waals surface area (Å²) in [5.41, 5.74) is 0. The van der Waals surface area contributed by atoms with E-state index in [0.29, 0.717) is 6.54 Å². The molecule has 0 bridgehead atoms. The van der Waals surface area contributed by atoms with Crippen molar-refractivity contribution >= 4 is 5.91 Å². The molecule has 13 heavy (non-hydrogen) atoms. The number of rotatable bonds is 5. The van der Waals surface area contributed by atoms with Gasteiger partial charge >= 0.3 is 12.1 Å². The summed E-state index contributed by atoms with van der Waals surface area (Å²) in [6.45, 7) is 4.14. The lowest BCUT2D eigenvalue weighted by atomic mass is 10.5. The third kappa shape index (κ3) is 6.15. The Balaban J connectivity index is 3.43. The summed E-state index contributed by atoms with van der Waals surface area (Å²) in [5, 5.41) is 4.46. The van der Waals surface area contributed by atoms with Gasteiger partial charge in [0, 0.05) is 19.6 Å². The summed E-state index contributed by atoms with van der Waals surface area (Å²) in [5.74, 6) is -1.91. The first-order valence-electron chi connectivity index (χ1n) is 3.65. The largest absolute Gasteiger partial charge is 0.471 e. The van der Waals surface area contributed by atoms with Crippen LogP contribution in [0.4, 0.5) is 13.2 Å². The van der Waals surface area contributed by atoms with Gasteiger partial charge in [0.1, 0.15) is 0 Å². The predicted octanol–water partition coefficient (Wildman–Crippen LogP) is 0.441. The van der Waals surface area contributed by atoms with Crippen LogP contribution in [0.25, 0.3) is 0 Å². The SMILES string of the molecule is C=CCNCCNC(=O)C(F)(F)F. The van der Waals surface area contributed by atoms with E-state index >= 15 is 0 Å². The van der Waals surface area contributed by atoms with E-state index in [1.165, 1.54) is 0 Å². The van der Waals surface area contributed by atoms with Crippen LogP contribution in [-0.2, 0) is 4.79 Å².